The molecule has 3 aromatic rings. The Hall–Kier alpha value is -0.650. The number of hydrogen-bond acceptors (Lipinski definition) is 1. The molecular formula is C20H21Cl3OP2. The fraction of sp³-hybridized carbons (Fsp3) is 0.100. The molecule has 0 fully saturated rings. The van der Waals surface area contributed by atoms with Gasteiger partial charge < -0.3 is 0 Å². The van der Waals surface area contributed by atoms with E-state index in [1.54, 1.807) is 7.11 Å². The number of hydrogen-bond donors (Lipinski definition) is 0. The Balaban J connectivity index is 0.000000552. The van der Waals surface area contributed by atoms with Crippen LogP contribution in [0, 0.1) is 0 Å². The van der Waals surface area contributed by atoms with Gasteiger partial charge in [-0.3, -0.25) is 0 Å². The van der Waals surface area contributed by atoms with Crippen LogP contribution in [-0.4, -0.2) is 13.5 Å². The molecule has 0 unspecified atom stereocenters. The standard InChI is InChI=1S/C20H21OP.Cl3P/c1-21-17-22(18-11-5-2-6-12-18,19-13-7-3-8-14-19)20-15-9-4-10-16-20;1-4(2)3/h2-16,22H,17H2,1H3;. The van der Waals surface area contributed by atoms with Gasteiger partial charge in [0.25, 0.3) is 0 Å². The Morgan fingerprint density at radius 3 is 1.15 bits per heavy atom. The molecule has 0 amide bonds. The third-order valence-corrected chi connectivity index (χ3v) is 8.84. The Morgan fingerprint density at radius 1 is 0.654 bits per heavy atom. The molecule has 0 aliphatic rings. The summed E-state index contributed by atoms with van der Waals surface area (Å²) < 4.78 is 5.73. The second-order valence-corrected chi connectivity index (χ2v) is 14.4. The van der Waals surface area contributed by atoms with E-state index in [-0.39, 0.29) is 0 Å². The van der Waals surface area contributed by atoms with Crippen LogP contribution < -0.4 is 15.9 Å². The van der Waals surface area contributed by atoms with Crippen molar-refractivity contribution >= 4 is 62.9 Å². The summed E-state index contributed by atoms with van der Waals surface area (Å²) in [6.07, 6.45) is 0.741. The van der Waals surface area contributed by atoms with Crippen LogP contribution in [0.5, 0.6) is 0 Å². The van der Waals surface area contributed by atoms with Gasteiger partial charge in [-0.25, -0.2) is 0 Å². The van der Waals surface area contributed by atoms with Gasteiger partial charge in [-0.15, -0.1) is 0 Å². The molecule has 0 atom stereocenters. The SMILES string of the molecule is COC[PH](c1ccccc1)(c1ccccc1)c1ccccc1.ClP(Cl)Cl. The summed E-state index contributed by atoms with van der Waals surface area (Å²) in [5.41, 5.74) is 0. The predicted octanol–water partition coefficient (Wildman–Crippen LogP) is 6.25. The quantitative estimate of drug-likeness (QED) is 0.422. The van der Waals surface area contributed by atoms with Gasteiger partial charge in [0.2, 0.25) is 0 Å². The van der Waals surface area contributed by atoms with E-state index in [0.717, 1.165) is 6.35 Å². The molecule has 1 nitrogen and oxygen atoms in total. The topological polar surface area (TPSA) is 9.23 Å². The molecule has 26 heavy (non-hydrogen) atoms. The Morgan fingerprint density at radius 2 is 0.923 bits per heavy atom. The molecule has 0 spiro atoms. The minimum absolute atomic E-state index is 0.741. The molecule has 0 bridgehead atoms. The normalized spacial score (nSPS) is 11.6. The molecule has 0 heterocycles. The van der Waals surface area contributed by atoms with Crippen molar-refractivity contribution in [2.45, 2.75) is 0 Å². The maximum Gasteiger partial charge on any atom is 0.179 e. The van der Waals surface area contributed by atoms with E-state index >= 15 is 0 Å². The van der Waals surface area contributed by atoms with E-state index in [9.17, 15) is 0 Å². The van der Waals surface area contributed by atoms with Crippen LogP contribution in [0.3, 0.4) is 0 Å². The number of rotatable bonds is 5. The Kier molecular flexibility index (Phi) is 9.37. The monoisotopic (exact) mass is 444 g/mol. The van der Waals surface area contributed by atoms with Crippen molar-refractivity contribution in [1.29, 1.82) is 0 Å². The molecule has 0 saturated carbocycles. The predicted molar refractivity (Wildman–Crippen MR) is 123 cm³/mol. The summed E-state index contributed by atoms with van der Waals surface area (Å²) in [4.78, 5) is 0. The molecule has 138 valence electrons. The van der Waals surface area contributed by atoms with Crippen molar-refractivity contribution in [2.24, 2.45) is 0 Å². The van der Waals surface area contributed by atoms with Crippen molar-refractivity contribution in [1.82, 2.24) is 0 Å². The van der Waals surface area contributed by atoms with Crippen molar-refractivity contribution in [3.8, 4) is 0 Å². The number of halogens is 3. The second kappa shape index (κ2) is 11.3. The van der Waals surface area contributed by atoms with Crippen molar-refractivity contribution in [2.75, 3.05) is 13.5 Å². The Bertz CT molecular complexity index is 656. The smallest absolute Gasteiger partial charge is 0.0596 e. The fourth-order valence-electron chi connectivity index (χ4n) is 3.13. The first-order valence-electron chi connectivity index (χ1n) is 8.04. The minimum atomic E-state index is -2.15. The van der Waals surface area contributed by atoms with Gasteiger partial charge in [0.05, 0.1) is 0 Å². The van der Waals surface area contributed by atoms with Crippen molar-refractivity contribution < 1.29 is 4.74 Å². The number of benzene rings is 3. The van der Waals surface area contributed by atoms with Gasteiger partial charge in [0.1, 0.15) is 0 Å². The van der Waals surface area contributed by atoms with Crippen LogP contribution in [-0.2, 0) is 4.74 Å². The van der Waals surface area contributed by atoms with Gasteiger partial charge in [0.15, 0.2) is 5.98 Å². The Labute approximate surface area is 171 Å². The van der Waals surface area contributed by atoms with E-state index in [0.29, 0.717) is 0 Å². The van der Waals surface area contributed by atoms with E-state index in [1.165, 1.54) is 15.9 Å². The van der Waals surface area contributed by atoms with Gasteiger partial charge >= 0.3 is 132 Å². The van der Waals surface area contributed by atoms with E-state index < -0.39 is 13.2 Å². The molecule has 0 saturated heterocycles. The van der Waals surface area contributed by atoms with Crippen LogP contribution in [0.4, 0.5) is 0 Å². The molecule has 6 heteroatoms. The van der Waals surface area contributed by atoms with Crippen molar-refractivity contribution in [3.05, 3.63) is 91.0 Å². The first kappa shape index (κ1) is 21.6. The van der Waals surface area contributed by atoms with Crippen LogP contribution in [0.15, 0.2) is 91.0 Å². The maximum absolute atomic E-state index is 5.73. The van der Waals surface area contributed by atoms with Crippen LogP contribution in [0.25, 0.3) is 0 Å². The van der Waals surface area contributed by atoms with Gasteiger partial charge in [-0.05, 0) is 0 Å². The number of methoxy groups -OCH3 is 1. The first-order valence-corrected chi connectivity index (χ1v) is 14.3. The molecule has 0 N–H and O–H groups in total. The summed E-state index contributed by atoms with van der Waals surface area (Å²) in [5, 5.41) is 4.15. The van der Waals surface area contributed by atoms with Crippen LogP contribution in [0.1, 0.15) is 0 Å². The molecule has 0 aliphatic carbocycles. The third-order valence-electron chi connectivity index (χ3n) is 4.16. The zero-order valence-corrected chi connectivity index (χ0v) is 18.5. The fourth-order valence-corrected chi connectivity index (χ4v) is 7.35. The maximum atomic E-state index is 5.73. The molecule has 0 aliphatic heterocycles. The summed E-state index contributed by atoms with van der Waals surface area (Å²) in [7, 11) is -0.344. The van der Waals surface area contributed by atoms with E-state index in [1.807, 2.05) is 0 Å². The van der Waals surface area contributed by atoms with Crippen LogP contribution in [0.2, 0.25) is 0 Å². The number of ether oxygens (including phenoxy) is 1. The molecule has 0 radical (unpaired) electrons. The molecular weight excluding hydrogens is 425 g/mol. The minimum Gasteiger partial charge on any atom is -0.0596 e. The van der Waals surface area contributed by atoms with E-state index in [4.69, 9.17) is 38.5 Å². The third kappa shape index (κ3) is 5.67. The van der Waals surface area contributed by atoms with Gasteiger partial charge in [-0.2, -0.15) is 0 Å². The summed E-state index contributed by atoms with van der Waals surface area (Å²) in [6, 6.07) is 32.4. The summed E-state index contributed by atoms with van der Waals surface area (Å²) in [6.45, 7) is 0. The largest absolute Gasteiger partial charge is 0.179 e. The van der Waals surface area contributed by atoms with E-state index in [2.05, 4.69) is 91.0 Å². The average Bonchev–Trinajstić information content (AvgIpc) is 2.68. The average molecular weight is 446 g/mol. The van der Waals surface area contributed by atoms with Gasteiger partial charge in [-0.1, -0.05) is 33.7 Å². The molecule has 3 rings (SSSR count). The first-order chi connectivity index (χ1) is 12.6. The molecule has 0 aromatic heterocycles. The van der Waals surface area contributed by atoms with Crippen LogP contribution >= 0.6 is 47.0 Å². The zero-order valence-electron chi connectivity index (χ0n) is 14.4. The van der Waals surface area contributed by atoms with Crippen molar-refractivity contribution in [3.63, 3.8) is 0 Å². The summed E-state index contributed by atoms with van der Waals surface area (Å²) >= 11 is 14.6. The zero-order chi connectivity index (χ0) is 18.8. The molecule has 3 aromatic carbocycles. The van der Waals surface area contributed by atoms with Gasteiger partial charge in [0, 0.05) is 0 Å². The summed E-state index contributed by atoms with van der Waals surface area (Å²) in [5.74, 6) is -1.20. The second-order valence-electron chi connectivity index (χ2n) is 5.63.